The van der Waals surface area contributed by atoms with E-state index in [0.29, 0.717) is 44.6 Å². The predicted octanol–water partition coefficient (Wildman–Crippen LogP) is 2.96. The molecule has 3 aliphatic rings. The van der Waals surface area contributed by atoms with Crippen molar-refractivity contribution in [3.05, 3.63) is 34.4 Å². The highest BCUT2D eigenvalue weighted by molar-refractivity contribution is 6.43. The van der Waals surface area contributed by atoms with Gasteiger partial charge in [0.25, 0.3) is 0 Å². The number of piperidine rings is 1. The maximum atomic E-state index is 6.28. The van der Waals surface area contributed by atoms with Crippen LogP contribution < -0.4 is 16.4 Å². The molecule has 24 heavy (non-hydrogen) atoms. The second kappa shape index (κ2) is 4.75. The van der Waals surface area contributed by atoms with E-state index in [1.54, 1.807) is 12.3 Å². The highest BCUT2D eigenvalue weighted by Gasteiger charge is 2.79. The van der Waals surface area contributed by atoms with E-state index in [9.17, 15) is 0 Å². The van der Waals surface area contributed by atoms with Crippen molar-refractivity contribution in [1.29, 1.82) is 0 Å². The van der Waals surface area contributed by atoms with E-state index in [4.69, 9.17) is 34.7 Å². The predicted molar refractivity (Wildman–Crippen MR) is 96.2 cm³/mol. The van der Waals surface area contributed by atoms with Gasteiger partial charge in [0.1, 0.15) is 11.5 Å². The van der Waals surface area contributed by atoms with Crippen LogP contribution in [0.4, 0.5) is 11.6 Å². The third-order valence-corrected chi connectivity index (χ3v) is 6.94. The zero-order valence-electron chi connectivity index (χ0n) is 12.9. The maximum Gasteiger partial charge on any atom is 0.152 e. The van der Waals surface area contributed by atoms with Gasteiger partial charge in [0, 0.05) is 29.6 Å². The van der Waals surface area contributed by atoms with E-state index in [1.807, 2.05) is 12.1 Å². The van der Waals surface area contributed by atoms with E-state index >= 15 is 0 Å². The molecule has 4 atom stereocenters. The zero-order valence-corrected chi connectivity index (χ0v) is 14.4. The van der Waals surface area contributed by atoms with E-state index in [0.717, 1.165) is 31.1 Å². The van der Waals surface area contributed by atoms with Gasteiger partial charge in [-0.15, -0.1) is 0 Å². The first-order valence-electron chi connectivity index (χ1n) is 8.13. The van der Waals surface area contributed by atoms with Gasteiger partial charge in [-0.05, 0) is 24.8 Å². The summed E-state index contributed by atoms with van der Waals surface area (Å²) in [6, 6.07) is 6.26. The summed E-state index contributed by atoms with van der Waals surface area (Å²) >= 11 is 12.4. The Hall–Kier alpha value is -1.56. The monoisotopic (exact) mass is 361 g/mol. The van der Waals surface area contributed by atoms with Gasteiger partial charge < -0.3 is 16.4 Å². The number of hydrogen-bond acceptors (Lipinski definition) is 5. The van der Waals surface area contributed by atoms with Crippen molar-refractivity contribution in [3.63, 3.8) is 0 Å². The molecular formula is C17H17Cl2N5. The molecule has 7 heteroatoms. The lowest BCUT2D eigenvalue weighted by molar-refractivity contribution is 0.231. The quantitative estimate of drug-likeness (QED) is 0.859. The molecule has 1 aromatic carbocycles. The van der Waals surface area contributed by atoms with E-state index in [1.165, 1.54) is 0 Å². The van der Waals surface area contributed by atoms with Gasteiger partial charge >= 0.3 is 0 Å². The zero-order chi connectivity index (χ0) is 16.6. The Labute approximate surface area is 150 Å². The highest BCUT2D eigenvalue weighted by atomic mass is 35.5. The number of nitrogens with zero attached hydrogens (tertiary/aromatic N) is 3. The van der Waals surface area contributed by atoms with Gasteiger partial charge in [-0.2, -0.15) is 0 Å². The Morgan fingerprint density at radius 2 is 2.12 bits per heavy atom. The summed E-state index contributed by atoms with van der Waals surface area (Å²) in [5.74, 6) is 1.93. The first-order chi connectivity index (χ1) is 11.5. The molecule has 2 saturated carbocycles. The van der Waals surface area contributed by atoms with Crippen LogP contribution in [0.2, 0.25) is 10.0 Å². The molecule has 1 saturated heterocycles. The summed E-state index contributed by atoms with van der Waals surface area (Å²) in [6.45, 7) is 0.972. The normalized spacial score (nSPS) is 33.0. The Morgan fingerprint density at radius 3 is 2.79 bits per heavy atom. The van der Waals surface area contributed by atoms with Gasteiger partial charge in [-0.1, -0.05) is 35.3 Å². The minimum Gasteiger partial charge on any atom is -0.382 e. The summed E-state index contributed by atoms with van der Waals surface area (Å²) < 4.78 is 0. The fraction of sp³-hybridized carbons (Fsp3) is 0.412. The van der Waals surface area contributed by atoms with Gasteiger partial charge in [-0.3, -0.25) is 0 Å². The molecule has 2 heterocycles. The molecule has 1 spiro atoms. The van der Waals surface area contributed by atoms with Gasteiger partial charge in [0.15, 0.2) is 5.82 Å². The van der Waals surface area contributed by atoms with Gasteiger partial charge in [0.2, 0.25) is 0 Å². The SMILES string of the molecule is Nc1nc(N2CCC34C(N)CC3C24)cnc1-c1cccc(Cl)c1Cl. The minimum absolute atomic E-state index is 0.339. The molecule has 124 valence electrons. The average molecular weight is 362 g/mol. The van der Waals surface area contributed by atoms with E-state index in [-0.39, 0.29) is 0 Å². The minimum atomic E-state index is 0.339. The summed E-state index contributed by atoms with van der Waals surface area (Å²) in [7, 11) is 0. The molecular weight excluding hydrogens is 345 g/mol. The van der Waals surface area contributed by atoms with Crippen molar-refractivity contribution in [2.45, 2.75) is 24.9 Å². The molecule has 1 aromatic heterocycles. The lowest BCUT2D eigenvalue weighted by Gasteiger charge is -2.31. The summed E-state index contributed by atoms with van der Waals surface area (Å²) in [5.41, 5.74) is 14.0. The molecule has 5 nitrogen and oxygen atoms in total. The fourth-order valence-corrected chi connectivity index (χ4v) is 5.25. The standard InChI is InChI=1S/C17H17Cl2N5/c18-10-3-1-2-8(13(10)19)14-16(21)23-12(7-22-14)24-5-4-17-9(15(17)24)6-11(17)20/h1-3,7,9,11,15H,4-6,20H2,(H2,21,23). The van der Waals surface area contributed by atoms with Crippen LogP contribution in [0.15, 0.2) is 24.4 Å². The van der Waals surface area contributed by atoms with Crippen molar-refractivity contribution in [2.24, 2.45) is 17.1 Å². The lowest BCUT2D eigenvalue weighted by atomic mass is 9.78. The summed E-state index contributed by atoms with van der Waals surface area (Å²) in [6.07, 6.45) is 4.05. The van der Waals surface area contributed by atoms with Crippen molar-refractivity contribution in [1.82, 2.24) is 9.97 Å². The Kier molecular flexibility index (Phi) is 2.92. The molecule has 2 aliphatic carbocycles. The molecule has 1 aliphatic heterocycles. The number of nitrogen functional groups attached to an aromatic ring is 1. The number of hydrogen-bond donors (Lipinski definition) is 2. The van der Waals surface area contributed by atoms with Crippen LogP contribution >= 0.6 is 23.2 Å². The Bertz CT molecular complexity index is 857. The van der Waals surface area contributed by atoms with Crippen LogP contribution in [0.5, 0.6) is 0 Å². The fourth-order valence-electron chi connectivity index (χ4n) is 4.86. The van der Waals surface area contributed by atoms with Crippen molar-refractivity contribution in [3.8, 4) is 11.3 Å². The first-order valence-corrected chi connectivity index (χ1v) is 8.89. The largest absolute Gasteiger partial charge is 0.382 e. The molecule has 0 bridgehead atoms. The number of rotatable bonds is 2. The molecule has 2 aromatic rings. The second-order valence-corrected chi connectivity index (χ2v) is 7.80. The number of halogens is 2. The molecule has 5 rings (SSSR count). The number of fused-ring (bicyclic) bond motifs is 1. The van der Waals surface area contributed by atoms with E-state index in [2.05, 4.69) is 14.9 Å². The number of nitrogens with two attached hydrogens (primary N) is 2. The lowest BCUT2D eigenvalue weighted by Crippen LogP contribution is -2.41. The maximum absolute atomic E-state index is 6.28. The summed E-state index contributed by atoms with van der Waals surface area (Å²) in [4.78, 5) is 11.5. The first kappa shape index (κ1) is 14.8. The molecule has 4 N–H and O–H groups in total. The Balaban J connectivity index is 1.49. The molecule has 4 unspecified atom stereocenters. The van der Waals surface area contributed by atoms with Gasteiger partial charge in [-0.25, -0.2) is 9.97 Å². The third-order valence-electron chi connectivity index (χ3n) is 6.12. The van der Waals surface area contributed by atoms with Crippen LogP contribution in [0.25, 0.3) is 11.3 Å². The number of benzene rings is 1. The topological polar surface area (TPSA) is 81.1 Å². The highest BCUT2D eigenvalue weighted by Crippen LogP contribution is 2.73. The third kappa shape index (κ3) is 1.70. The number of anilines is 2. The van der Waals surface area contributed by atoms with Crippen molar-refractivity contribution in [2.75, 3.05) is 17.2 Å². The van der Waals surface area contributed by atoms with Crippen LogP contribution in [0.1, 0.15) is 12.8 Å². The average Bonchev–Trinajstić information content (AvgIpc) is 2.89. The van der Waals surface area contributed by atoms with Crippen LogP contribution in [0, 0.1) is 11.3 Å². The second-order valence-electron chi connectivity index (χ2n) is 7.01. The summed E-state index contributed by atoms with van der Waals surface area (Å²) in [5, 5.41) is 0.920. The van der Waals surface area contributed by atoms with Crippen molar-refractivity contribution < 1.29 is 0 Å². The molecule has 0 amide bonds. The number of aromatic nitrogens is 2. The molecule has 0 radical (unpaired) electrons. The van der Waals surface area contributed by atoms with Crippen LogP contribution in [-0.4, -0.2) is 28.6 Å². The van der Waals surface area contributed by atoms with Crippen molar-refractivity contribution >= 4 is 34.8 Å². The van der Waals surface area contributed by atoms with E-state index < -0.39 is 0 Å². The smallest absolute Gasteiger partial charge is 0.152 e. The Morgan fingerprint density at radius 1 is 1.29 bits per heavy atom. The van der Waals surface area contributed by atoms with Crippen LogP contribution in [-0.2, 0) is 0 Å². The molecule has 3 fully saturated rings. The van der Waals surface area contributed by atoms with Crippen LogP contribution in [0.3, 0.4) is 0 Å². The van der Waals surface area contributed by atoms with Gasteiger partial charge in [0.05, 0.1) is 16.2 Å².